The second-order valence-corrected chi connectivity index (χ2v) is 7.71. The molecule has 10 nitrogen and oxygen atoms in total. The highest BCUT2D eigenvalue weighted by atomic mass is 16.6. The van der Waals surface area contributed by atoms with Crippen LogP contribution >= 0.6 is 0 Å². The topological polar surface area (TPSA) is 154 Å². The smallest absolute Gasteiger partial charge is 0.408 e. The molecule has 2 atom stereocenters. The number of amides is 1. The van der Waals surface area contributed by atoms with Gasteiger partial charge in [-0.25, -0.2) is 19.4 Å². The number of hydrogen-bond donors (Lipinski definition) is 5. The van der Waals surface area contributed by atoms with Gasteiger partial charge in [0, 0.05) is 30.4 Å². The largest absolute Gasteiger partial charge is 0.480 e. The molecule has 1 aromatic carbocycles. The van der Waals surface area contributed by atoms with Crippen molar-refractivity contribution >= 4 is 23.7 Å². The molecular formula is C20H26N4O6. The number of ether oxygens (including phenoxy) is 1. The lowest BCUT2D eigenvalue weighted by atomic mass is 10.0. The van der Waals surface area contributed by atoms with Gasteiger partial charge in [-0.05, 0) is 32.4 Å². The van der Waals surface area contributed by atoms with Gasteiger partial charge in [0.25, 0.3) is 0 Å². The first-order valence-corrected chi connectivity index (χ1v) is 9.32. The minimum atomic E-state index is -1.25. The van der Waals surface area contributed by atoms with Gasteiger partial charge in [0.05, 0.1) is 6.33 Å². The molecule has 0 aliphatic heterocycles. The summed E-state index contributed by atoms with van der Waals surface area (Å²) in [6.07, 6.45) is 2.25. The Morgan fingerprint density at radius 3 is 2.33 bits per heavy atom. The average Bonchev–Trinajstić information content (AvgIpc) is 3.13. The van der Waals surface area contributed by atoms with E-state index < -0.39 is 35.7 Å². The van der Waals surface area contributed by atoms with Crippen LogP contribution in [0.15, 0.2) is 36.8 Å². The highest BCUT2D eigenvalue weighted by Crippen LogP contribution is 2.19. The summed E-state index contributed by atoms with van der Waals surface area (Å²) in [6.45, 7) is 5.02. The Bertz CT molecular complexity index is 876. The third-order valence-electron chi connectivity index (χ3n) is 4.04. The van der Waals surface area contributed by atoms with Crippen LogP contribution in [0.3, 0.4) is 0 Å². The summed E-state index contributed by atoms with van der Waals surface area (Å²) in [4.78, 5) is 42.1. The molecule has 0 unspecified atom stereocenters. The first-order chi connectivity index (χ1) is 14.0. The zero-order valence-corrected chi connectivity index (χ0v) is 17.0. The summed E-state index contributed by atoms with van der Waals surface area (Å²) >= 11 is 0. The van der Waals surface area contributed by atoms with E-state index in [-0.39, 0.29) is 12.8 Å². The molecule has 2 rings (SSSR count). The number of benzene rings is 1. The number of alkyl carbamates (subject to hydrolysis) is 1. The maximum Gasteiger partial charge on any atom is 0.408 e. The number of aromatic amines is 1. The Balaban J connectivity index is 2.16. The van der Waals surface area contributed by atoms with E-state index >= 15 is 0 Å². The van der Waals surface area contributed by atoms with Crippen molar-refractivity contribution in [1.29, 1.82) is 0 Å². The highest BCUT2D eigenvalue weighted by Gasteiger charge is 2.26. The van der Waals surface area contributed by atoms with Crippen molar-refractivity contribution < 1.29 is 29.3 Å². The standard InChI is InChI=1S/C20H26N4O6/c1-20(2,3)30-19(29)24-15(17(25)26)8-12-6-4-5-7-14(12)23-16(18(27)28)9-13-10-21-11-22-13/h4-7,10-11,15-16,23H,8-9H2,1-3H3,(H,21,22)(H,24,29)(H,25,26)(H,27,28)/t15-,16-/m0/s1. The summed E-state index contributed by atoms with van der Waals surface area (Å²) in [5.41, 5.74) is 0.870. The summed E-state index contributed by atoms with van der Waals surface area (Å²) in [6, 6.07) is 4.53. The third-order valence-corrected chi connectivity index (χ3v) is 4.04. The number of hydrogen-bond acceptors (Lipinski definition) is 6. The number of nitrogens with zero attached hydrogens (tertiary/aromatic N) is 1. The van der Waals surface area contributed by atoms with Gasteiger partial charge in [-0.1, -0.05) is 18.2 Å². The summed E-state index contributed by atoms with van der Waals surface area (Å²) < 4.78 is 5.12. The van der Waals surface area contributed by atoms with E-state index in [4.69, 9.17) is 4.74 Å². The summed E-state index contributed by atoms with van der Waals surface area (Å²) in [5, 5.41) is 24.4. The fraction of sp³-hybridized carbons (Fsp3) is 0.400. The van der Waals surface area contributed by atoms with Crippen molar-refractivity contribution in [2.24, 2.45) is 0 Å². The van der Waals surface area contributed by atoms with Crippen molar-refractivity contribution in [3.63, 3.8) is 0 Å². The maximum atomic E-state index is 12.0. The molecule has 162 valence electrons. The first-order valence-electron chi connectivity index (χ1n) is 9.32. The van der Waals surface area contributed by atoms with Crippen molar-refractivity contribution in [1.82, 2.24) is 15.3 Å². The molecule has 0 spiro atoms. The second kappa shape index (κ2) is 9.77. The van der Waals surface area contributed by atoms with Crippen LogP contribution in [-0.2, 0) is 27.2 Å². The van der Waals surface area contributed by atoms with E-state index in [9.17, 15) is 24.6 Å². The average molecular weight is 418 g/mol. The number of carboxylic acids is 2. The van der Waals surface area contributed by atoms with Crippen LogP contribution in [0.25, 0.3) is 0 Å². The molecule has 5 N–H and O–H groups in total. The molecule has 10 heteroatoms. The van der Waals surface area contributed by atoms with Crippen molar-refractivity contribution in [3.05, 3.63) is 48.0 Å². The van der Waals surface area contributed by atoms with Crippen molar-refractivity contribution in [2.45, 2.75) is 51.3 Å². The molecule has 0 fully saturated rings. The quantitative estimate of drug-likeness (QED) is 0.414. The molecule has 1 amide bonds. The number of H-pyrrole nitrogens is 1. The van der Waals surface area contributed by atoms with Crippen molar-refractivity contribution in [3.8, 4) is 0 Å². The number of nitrogens with one attached hydrogen (secondary N) is 3. The minimum Gasteiger partial charge on any atom is -0.480 e. The predicted molar refractivity (Wildman–Crippen MR) is 108 cm³/mol. The van der Waals surface area contributed by atoms with Crippen LogP contribution in [0.2, 0.25) is 0 Å². The second-order valence-electron chi connectivity index (χ2n) is 7.71. The maximum absolute atomic E-state index is 12.0. The van der Waals surface area contributed by atoms with Gasteiger partial charge in [0.15, 0.2) is 0 Å². The zero-order valence-electron chi connectivity index (χ0n) is 17.0. The molecule has 1 heterocycles. The van der Waals surface area contributed by atoms with Gasteiger partial charge in [0.1, 0.15) is 17.7 Å². The van der Waals surface area contributed by atoms with Gasteiger partial charge < -0.3 is 30.6 Å². The Kier molecular flexibility index (Phi) is 7.40. The molecule has 0 aliphatic rings. The Morgan fingerprint density at radius 1 is 1.10 bits per heavy atom. The van der Waals surface area contributed by atoms with Gasteiger partial charge >= 0.3 is 18.0 Å². The monoisotopic (exact) mass is 418 g/mol. The van der Waals surface area contributed by atoms with Crippen LogP contribution in [0.4, 0.5) is 10.5 Å². The van der Waals surface area contributed by atoms with E-state index in [2.05, 4.69) is 20.6 Å². The molecule has 0 saturated heterocycles. The molecule has 30 heavy (non-hydrogen) atoms. The Hall–Kier alpha value is -3.56. The van der Waals surface area contributed by atoms with E-state index in [1.165, 1.54) is 12.5 Å². The van der Waals surface area contributed by atoms with E-state index in [1.54, 1.807) is 45.0 Å². The molecule has 0 radical (unpaired) electrons. The lowest BCUT2D eigenvalue weighted by Crippen LogP contribution is -2.44. The number of aromatic nitrogens is 2. The number of anilines is 1. The fourth-order valence-corrected chi connectivity index (χ4v) is 2.71. The first kappa shape index (κ1) is 22.7. The normalized spacial score (nSPS) is 13.2. The number of carbonyl (C=O) groups excluding carboxylic acids is 1. The Morgan fingerprint density at radius 2 is 1.77 bits per heavy atom. The van der Waals surface area contributed by atoms with Gasteiger partial charge in [-0.3, -0.25) is 0 Å². The number of carbonyl (C=O) groups is 3. The van der Waals surface area contributed by atoms with E-state index in [1.807, 2.05) is 0 Å². The van der Waals surface area contributed by atoms with E-state index in [0.29, 0.717) is 16.9 Å². The third kappa shape index (κ3) is 7.12. The van der Waals surface area contributed by atoms with Crippen LogP contribution in [-0.4, -0.2) is 55.9 Å². The molecule has 0 saturated carbocycles. The lowest BCUT2D eigenvalue weighted by molar-refractivity contribution is -0.139. The minimum absolute atomic E-state index is 0.0614. The van der Waals surface area contributed by atoms with Crippen molar-refractivity contribution in [2.75, 3.05) is 5.32 Å². The summed E-state index contributed by atoms with van der Waals surface area (Å²) in [7, 11) is 0. The molecule has 0 bridgehead atoms. The number of carboxylic acid groups (broad SMARTS) is 2. The zero-order chi connectivity index (χ0) is 22.3. The molecular weight excluding hydrogens is 392 g/mol. The van der Waals surface area contributed by atoms with Crippen LogP contribution in [0.1, 0.15) is 32.0 Å². The fourth-order valence-electron chi connectivity index (χ4n) is 2.71. The van der Waals surface area contributed by atoms with Crippen LogP contribution in [0, 0.1) is 0 Å². The number of imidazole rings is 1. The van der Waals surface area contributed by atoms with Gasteiger partial charge in [0.2, 0.25) is 0 Å². The number of rotatable bonds is 9. The lowest BCUT2D eigenvalue weighted by Gasteiger charge is -2.23. The highest BCUT2D eigenvalue weighted by molar-refractivity contribution is 5.81. The number of aliphatic carboxylic acids is 2. The summed E-state index contributed by atoms with van der Waals surface area (Å²) in [5.74, 6) is -2.30. The predicted octanol–water partition coefficient (Wildman–Crippen LogP) is 2.04. The molecule has 2 aromatic rings. The van der Waals surface area contributed by atoms with Gasteiger partial charge in [-0.2, -0.15) is 0 Å². The van der Waals surface area contributed by atoms with Gasteiger partial charge in [-0.15, -0.1) is 0 Å². The molecule has 0 aliphatic carbocycles. The molecule has 1 aromatic heterocycles. The van der Waals surface area contributed by atoms with Crippen LogP contribution < -0.4 is 10.6 Å². The Labute approximate surface area is 173 Å². The number of para-hydroxylation sites is 1. The van der Waals surface area contributed by atoms with Crippen LogP contribution in [0.5, 0.6) is 0 Å². The SMILES string of the molecule is CC(C)(C)OC(=O)N[C@@H](Cc1ccccc1N[C@@H](Cc1cnc[nH]1)C(=O)O)C(=O)O. The van der Waals surface area contributed by atoms with E-state index in [0.717, 1.165) is 0 Å².